The van der Waals surface area contributed by atoms with Crippen molar-refractivity contribution >= 4 is 25.0 Å². The van der Waals surface area contributed by atoms with Crippen molar-refractivity contribution in [2.45, 2.75) is 65.0 Å². The van der Waals surface area contributed by atoms with E-state index in [1.165, 1.54) is 0 Å². The van der Waals surface area contributed by atoms with Gasteiger partial charge in [-0.3, -0.25) is 9.36 Å². The minimum Gasteiger partial charge on any atom is -0.384 e. The van der Waals surface area contributed by atoms with Gasteiger partial charge in [0.2, 0.25) is 5.91 Å². The maximum absolute atomic E-state index is 13.8. The van der Waals surface area contributed by atoms with Gasteiger partial charge >= 0.3 is 7.60 Å². The number of rotatable bonds is 9. The Balaban J connectivity index is 1.51. The van der Waals surface area contributed by atoms with Gasteiger partial charge in [0.25, 0.3) is 0 Å². The van der Waals surface area contributed by atoms with Crippen LogP contribution < -0.4 is 10.6 Å². The van der Waals surface area contributed by atoms with Crippen LogP contribution in [-0.4, -0.2) is 36.6 Å². The third kappa shape index (κ3) is 5.78. The van der Waals surface area contributed by atoms with Crippen molar-refractivity contribution < 1.29 is 23.1 Å². The molecule has 35 heavy (non-hydrogen) atoms. The number of aryl methyl sites for hydroxylation is 1. The summed E-state index contributed by atoms with van der Waals surface area (Å²) in [7, 11) is -3.24. The predicted octanol–water partition coefficient (Wildman–Crippen LogP) is 5.40. The summed E-state index contributed by atoms with van der Waals surface area (Å²) in [4.78, 5) is 20.4. The number of amides is 1. The molecule has 2 N–H and O–H groups in total. The number of anilines is 2. The first-order valence-electron chi connectivity index (χ1n) is 12.5. The zero-order chi connectivity index (χ0) is 25.0. The van der Waals surface area contributed by atoms with E-state index in [0.29, 0.717) is 25.6 Å². The molecule has 1 amide bonds. The number of nitrogens with two attached hydrogens (primary N) is 1. The van der Waals surface area contributed by atoms with Crippen molar-refractivity contribution in [3.63, 3.8) is 0 Å². The van der Waals surface area contributed by atoms with E-state index in [-0.39, 0.29) is 30.2 Å². The number of nitrogen functional groups attached to an aromatic ring is 1. The topological polar surface area (TPSA) is 104 Å². The number of para-hydroxylation sites is 1. The third-order valence-electron chi connectivity index (χ3n) is 6.92. The lowest BCUT2D eigenvalue weighted by Gasteiger charge is -2.40. The van der Waals surface area contributed by atoms with Gasteiger partial charge in [0.15, 0.2) is 0 Å². The highest BCUT2D eigenvalue weighted by Crippen LogP contribution is 2.49. The molecule has 2 heterocycles. The number of hydrogen-bond acceptors (Lipinski definition) is 7. The molecule has 1 aromatic carbocycles. The van der Waals surface area contributed by atoms with Gasteiger partial charge < -0.3 is 24.4 Å². The molecule has 0 radical (unpaired) electrons. The van der Waals surface area contributed by atoms with Crippen molar-refractivity contribution in [2.24, 2.45) is 5.92 Å². The number of nitrogens with zero attached hydrogens (tertiary/aromatic N) is 2. The van der Waals surface area contributed by atoms with Gasteiger partial charge in [-0.2, -0.15) is 0 Å². The lowest BCUT2D eigenvalue weighted by atomic mass is 9.74. The first kappa shape index (κ1) is 25.8. The predicted molar refractivity (Wildman–Crippen MR) is 136 cm³/mol. The molecule has 1 unspecified atom stereocenters. The van der Waals surface area contributed by atoms with Crippen molar-refractivity contribution in [2.75, 3.05) is 30.2 Å². The van der Waals surface area contributed by atoms with Crippen LogP contribution in [0.1, 0.15) is 62.3 Å². The van der Waals surface area contributed by atoms with Crippen molar-refractivity contribution in [3.05, 3.63) is 53.2 Å². The quantitative estimate of drug-likeness (QED) is 0.459. The van der Waals surface area contributed by atoms with E-state index >= 15 is 0 Å². The molecule has 1 saturated carbocycles. The second-order valence-corrected chi connectivity index (χ2v) is 11.2. The molecule has 0 spiro atoms. The Hall–Kier alpha value is -2.25. The molecule has 0 bridgehead atoms. The van der Waals surface area contributed by atoms with Gasteiger partial charge in [-0.05, 0) is 81.7 Å². The highest BCUT2D eigenvalue weighted by molar-refractivity contribution is 7.53. The van der Waals surface area contributed by atoms with Crippen LogP contribution in [0.5, 0.6) is 0 Å². The summed E-state index contributed by atoms with van der Waals surface area (Å²) >= 11 is 0. The average Bonchev–Trinajstić information content (AvgIpc) is 2.84. The lowest BCUT2D eigenvalue weighted by molar-refractivity contribution is -0.122. The Morgan fingerprint density at radius 2 is 1.74 bits per heavy atom. The highest BCUT2D eigenvalue weighted by Gasteiger charge is 2.42. The largest absolute Gasteiger partial charge is 0.384 e. The van der Waals surface area contributed by atoms with E-state index in [1.807, 2.05) is 48.2 Å². The summed E-state index contributed by atoms with van der Waals surface area (Å²) in [6.45, 7) is 6.73. The molecule has 1 fully saturated rings. The van der Waals surface area contributed by atoms with Crippen LogP contribution >= 0.6 is 7.60 Å². The molecule has 2 aliphatic rings. The van der Waals surface area contributed by atoms with Crippen LogP contribution in [0.3, 0.4) is 0 Å². The average molecular weight is 502 g/mol. The van der Waals surface area contributed by atoms with E-state index < -0.39 is 7.60 Å². The molecule has 4 rings (SSSR count). The van der Waals surface area contributed by atoms with Crippen molar-refractivity contribution in [3.8, 4) is 0 Å². The molecule has 1 atom stereocenters. The van der Waals surface area contributed by atoms with Gasteiger partial charge in [-0.1, -0.05) is 18.2 Å². The third-order valence-corrected chi connectivity index (χ3v) is 8.69. The molecule has 8 nitrogen and oxygen atoms in total. The Morgan fingerprint density at radius 3 is 2.37 bits per heavy atom. The maximum Gasteiger partial charge on any atom is 0.356 e. The summed E-state index contributed by atoms with van der Waals surface area (Å²) in [5.74, 6) is 0.307. The number of aromatic nitrogens is 1. The summed E-state index contributed by atoms with van der Waals surface area (Å²) < 4.78 is 29.4. The van der Waals surface area contributed by atoms with Crippen LogP contribution in [0, 0.1) is 12.8 Å². The van der Waals surface area contributed by atoms with Gasteiger partial charge in [0.1, 0.15) is 12.2 Å². The number of carbonyl (C=O) groups excluding carboxylic acids is 1. The molecule has 1 aliphatic carbocycles. The summed E-state index contributed by atoms with van der Waals surface area (Å²) in [5, 5.41) is 0. The van der Waals surface area contributed by atoms with E-state index in [9.17, 15) is 9.36 Å². The standard InChI is InChI=1S/C26H36N3O5P/c1-4-33-35(31,34-5-2)17-32-21-13-11-19(12-14-21)24-25-22(18(3)15-23(27)28-25)16-29(26(24)30)20-9-7-6-8-10-20/h6-10,15,19,21,24H,4-5,11-14,16-17H2,1-3H3,(H2,27,28). The zero-order valence-corrected chi connectivity index (χ0v) is 21.7. The number of benzene rings is 1. The minimum atomic E-state index is -3.24. The number of ether oxygens (including phenoxy) is 1. The van der Waals surface area contributed by atoms with E-state index in [4.69, 9.17) is 19.5 Å². The van der Waals surface area contributed by atoms with E-state index in [1.54, 1.807) is 13.8 Å². The molecule has 1 aliphatic heterocycles. The van der Waals surface area contributed by atoms with E-state index in [0.717, 1.165) is 48.2 Å². The summed E-state index contributed by atoms with van der Waals surface area (Å²) in [6.07, 6.45) is 3.08. The Labute approximate surface area is 207 Å². The van der Waals surface area contributed by atoms with Crippen LogP contribution in [0.4, 0.5) is 11.5 Å². The number of hydrogen-bond donors (Lipinski definition) is 1. The van der Waals surface area contributed by atoms with Crippen molar-refractivity contribution in [1.82, 2.24) is 4.98 Å². The number of pyridine rings is 1. The second kappa shape index (κ2) is 11.2. The molecule has 9 heteroatoms. The number of carbonyl (C=O) groups is 1. The van der Waals surface area contributed by atoms with Crippen LogP contribution in [0.2, 0.25) is 0 Å². The normalized spacial score (nSPS) is 22.8. The van der Waals surface area contributed by atoms with Gasteiger partial charge in [-0.15, -0.1) is 0 Å². The minimum absolute atomic E-state index is 0.0422. The van der Waals surface area contributed by atoms with Gasteiger partial charge in [-0.25, -0.2) is 4.98 Å². The fourth-order valence-corrected chi connectivity index (χ4v) is 6.68. The van der Waals surface area contributed by atoms with Gasteiger partial charge in [0, 0.05) is 5.69 Å². The number of fused-ring (bicyclic) bond motifs is 1. The maximum atomic E-state index is 13.8. The smallest absolute Gasteiger partial charge is 0.356 e. The fourth-order valence-electron chi connectivity index (χ4n) is 5.28. The van der Waals surface area contributed by atoms with Crippen LogP contribution in [0.25, 0.3) is 0 Å². The summed E-state index contributed by atoms with van der Waals surface area (Å²) in [6, 6.07) is 11.7. The second-order valence-electron chi connectivity index (χ2n) is 9.24. The molecular formula is C26H36N3O5P. The Kier molecular flexibility index (Phi) is 8.27. The van der Waals surface area contributed by atoms with E-state index in [2.05, 4.69) is 4.98 Å². The first-order valence-corrected chi connectivity index (χ1v) is 14.2. The highest BCUT2D eigenvalue weighted by atomic mass is 31.2. The SMILES string of the molecule is CCOP(=O)(COC1CCC(C2C(=O)N(c3ccccc3)Cc3c(C)cc(N)nc32)CC1)OCC. The monoisotopic (exact) mass is 501 g/mol. The van der Waals surface area contributed by atoms with Crippen molar-refractivity contribution in [1.29, 1.82) is 0 Å². The molecule has 190 valence electrons. The molecule has 0 saturated heterocycles. The van der Waals surface area contributed by atoms with Crippen LogP contribution in [-0.2, 0) is 29.7 Å². The van der Waals surface area contributed by atoms with Crippen LogP contribution in [0.15, 0.2) is 36.4 Å². The Morgan fingerprint density at radius 1 is 1.09 bits per heavy atom. The Bertz CT molecular complexity index is 1060. The van der Waals surface area contributed by atoms with Gasteiger partial charge in [0.05, 0.1) is 37.5 Å². The molecule has 1 aromatic heterocycles. The first-order chi connectivity index (χ1) is 16.8. The fraction of sp³-hybridized carbons (Fsp3) is 0.538. The zero-order valence-electron chi connectivity index (χ0n) is 20.8. The molecular weight excluding hydrogens is 465 g/mol. The lowest BCUT2D eigenvalue weighted by Crippen LogP contribution is -2.44. The molecule has 2 aromatic rings. The summed E-state index contributed by atoms with van der Waals surface area (Å²) in [5.41, 5.74) is 9.97.